The summed E-state index contributed by atoms with van der Waals surface area (Å²) in [7, 11) is -1.33. The highest BCUT2D eigenvalue weighted by Crippen LogP contribution is 2.17. The lowest BCUT2D eigenvalue weighted by molar-refractivity contribution is 0.336. The molecule has 0 spiro atoms. The minimum Gasteiger partial charge on any atom is -0.494 e. The summed E-state index contributed by atoms with van der Waals surface area (Å²) in [5.41, 5.74) is 1.02. The second-order valence-corrected chi connectivity index (χ2v) is 6.78. The van der Waals surface area contributed by atoms with Crippen LogP contribution in [0.2, 0.25) is 0 Å². The third-order valence-corrected chi connectivity index (χ3v) is 3.65. The molecule has 7 heteroatoms. The van der Waals surface area contributed by atoms with E-state index < -0.39 is 9.84 Å². The highest BCUT2D eigenvalue weighted by molar-refractivity contribution is 7.90. The molecule has 0 heterocycles. The Morgan fingerprint density at radius 3 is 2.62 bits per heavy atom. The summed E-state index contributed by atoms with van der Waals surface area (Å²) in [6, 6.07) is 7.76. The topological polar surface area (TPSA) is 79.8 Å². The second-order valence-electron chi connectivity index (χ2n) is 4.52. The first kappa shape index (κ1) is 17.3. The molecule has 0 radical (unpaired) electrons. The van der Waals surface area contributed by atoms with E-state index in [4.69, 9.17) is 4.74 Å². The number of nitrogens with zero attached hydrogens (tertiary/aromatic N) is 1. The van der Waals surface area contributed by atoms with Crippen LogP contribution in [0.25, 0.3) is 0 Å². The van der Waals surface area contributed by atoms with Crippen molar-refractivity contribution in [2.24, 2.45) is 4.99 Å². The Morgan fingerprint density at radius 1 is 1.29 bits per heavy atom. The molecule has 0 aromatic heterocycles. The summed E-state index contributed by atoms with van der Waals surface area (Å²) in [6.07, 6.45) is 1.21. The highest BCUT2D eigenvalue weighted by Gasteiger charge is 2.05. The van der Waals surface area contributed by atoms with Crippen LogP contribution in [0.15, 0.2) is 29.3 Å². The predicted molar refractivity (Wildman–Crippen MR) is 85.5 cm³/mol. The van der Waals surface area contributed by atoms with Crippen molar-refractivity contribution in [2.45, 2.75) is 13.5 Å². The summed E-state index contributed by atoms with van der Waals surface area (Å²) >= 11 is 0. The largest absolute Gasteiger partial charge is 0.494 e. The monoisotopic (exact) mass is 313 g/mol. The number of nitrogens with one attached hydrogen (secondary N) is 2. The number of ether oxygens (including phenoxy) is 1. The highest BCUT2D eigenvalue weighted by atomic mass is 32.2. The van der Waals surface area contributed by atoms with Crippen LogP contribution in [-0.2, 0) is 16.4 Å². The van der Waals surface area contributed by atoms with E-state index in [1.54, 1.807) is 7.05 Å². The van der Waals surface area contributed by atoms with Crippen LogP contribution in [0.4, 0.5) is 0 Å². The van der Waals surface area contributed by atoms with Crippen molar-refractivity contribution in [1.29, 1.82) is 0 Å². The zero-order valence-electron chi connectivity index (χ0n) is 12.7. The quantitative estimate of drug-likeness (QED) is 0.575. The third-order valence-electron chi connectivity index (χ3n) is 2.71. The number of para-hydroxylation sites is 1. The smallest absolute Gasteiger partial charge is 0.191 e. The Labute approximate surface area is 126 Å². The molecule has 0 saturated heterocycles. The van der Waals surface area contributed by atoms with Crippen LogP contribution in [0.5, 0.6) is 5.75 Å². The molecule has 1 aromatic carbocycles. The maximum absolute atomic E-state index is 11.1. The molecule has 0 amide bonds. The van der Waals surface area contributed by atoms with Crippen molar-refractivity contribution in [3.05, 3.63) is 29.8 Å². The minimum absolute atomic E-state index is 0.0727. The predicted octanol–water partition coefficient (Wildman–Crippen LogP) is 0.795. The zero-order chi connectivity index (χ0) is 15.7. The number of rotatable bonds is 7. The van der Waals surface area contributed by atoms with Gasteiger partial charge in [-0.05, 0) is 13.0 Å². The van der Waals surface area contributed by atoms with Gasteiger partial charge < -0.3 is 15.4 Å². The molecule has 0 atom stereocenters. The van der Waals surface area contributed by atoms with Crippen LogP contribution >= 0.6 is 0 Å². The van der Waals surface area contributed by atoms with E-state index in [2.05, 4.69) is 15.6 Å². The lowest BCUT2D eigenvalue weighted by Crippen LogP contribution is -2.39. The second kappa shape index (κ2) is 8.51. The molecular weight excluding hydrogens is 290 g/mol. The fraction of sp³-hybridized carbons (Fsp3) is 0.500. The molecule has 1 rings (SSSR count). The molecule has 6 nitrogen and oxygen atoms in total. The van der Waals surface area contributed by atoms with E-state index in [0.717, 1.165) is 11.3 Å². The molecule has 0 unspecified atom stereocenters. The van der Waals surface area contributed by atoms with E-state index >= 15 is 0 Å². The summed E-state index contributed by atoms with van der Waals surface area (Å²) in [4.78, 5) is 4.06. The van der Waals surface area contributed by atoms with Gasteiger partial charge in [0.2, 0.25) is 0 Å². The molecular formula is C14H23N3O3S. The van der Waals surface area contributed by atoms with Crippen LogP contribution in [-0.4, -0.2) is 46.6 Å². The molecule has 0 bridgehead atoms. The Hall–Kier alpha value is -1.76. The SMILES string of the molecule is CCOc1ccccc1CNC(=NC)NCCS(C)(=O)=O. The van der Waals surface area contributed by atoms with Crippen molar-refractivity contribution in [2.75, 3.05) is 32.2 Å². The van der Waals surface area contributed by atoms with Gasteiger partial charge in [0.15, 0.2) is 5.96 Å². The average Bonchev–Trinajstić information content (AvgIpc) is 2.43. The first-order chi connectivity index (χ1) is 9.96. The lowest BCUT2D eigenvalue weighted by atomic mass is 10.2. The summed E-state index contributed by atoms with van der Waals surface area (Å²) in [6.45, 7) is 3.43. The molecule has 1 aromatic rings. The molecule has 118 valence electrons. The molecule has 0 aliphatic rings. The number of hydrogen-bond donors (Lipinski definition) is 2. The number of sulfone groups is 1. The van der Waals surface area contributed by atoms with Gasteiger partial charge in [-0.1, -0.05) is 18.2 Å². The van der Waals surface area contributed by atoms with Crippen molar-refractivity contribution >= 4 is 15.8 Å². The van der Waals surface area contributed by atoms with Gasteiger partial charge in [-0.3, -0.25) is 4.99 Å². The summed E-state index contributed by atoms with van der Waals surface area (Å²) in [5.74, 6) is 1.47. The Morgan fingerprint density at radius 2 is 2.00 bits per heavy atom. The van der Waals surface area contributed by atoms with Gasteiger partial charge >= 0.3 is 0 Å². The van der Waals surface area contributed by atoms with Crippen LogP contribution in [0.3, 0.4) is 0 Å². The van der Waals surface area contributed by atoms with E-state index in [1.165, 1.54) is 6.26 Å². The Bertz CT molecular complexity index is 571. The van der Waals surface area contributed by atoms with Gasteiger partial charge in [0.25, 0.3) is 0 Å². The third kappa shape index (κ3) is 6.99. The average molecular weight is 313 g/mol. The van der Waals surface area contributed by atoms with Gasteiger partial charge in [-0.25, -0.2) is 8.42 Å². The number of guanidine groups is 1. The van der Waals surface area contributed by atoms with Crippen LogP contribution < -0.4 is 15.4 Å². The Kier molecular flexibility index (Phi) is 7.01. The number of aliphatic imine (C=N–C) groups is 1. The van der Waals surface area contributed by atoms with Crippen LogP contribution in [0, 0.1) is 0 Å². The van der Waals surface area contributed by atoms with Gasteiger partial charge in [0, 0.05) is 32.0 Å². The van der Waals surface area contributed by atoms with Gasteiger partial charge in [0.05, 0.1) is 12.4 Å². The minimum atomic E-state index is -2.97. The molecule has 0 aliphatic heterocycles. The molecule has 0 saturated carbocycles. The van der Waals surface area contributed by atoms with Crippen molar-refractivity contribution < 1.29 is 13.2 Å². The first-order valence-corrected chi connectivity index (χ1v) is 8.85. The van der Waals surface area contributed by atoms with Crippen molar-refractivity contribution in [3.63, 3.8) is 0 Å². The maximum atomic E-state index is 11.1. The zero-order valence-corrected chi connectivity index (χ0v) is 13.5. The van der Waals surface area contributed by atoms with E-state index in [1.807, 2.05) is 31.2 Å². The van der Waals surface area contributed by atoms with Crippen LogP contribution in [0.1, 0.15) is 12.5 Å². The fourth-order valence-electron chi connectivity index (χ4n) is 1.70. The first-order valence-electron chi connectivity index (χ1n) is 6.79. The molecule has 0 fully saturated rings. The summed E-state index contributed by atoms with van der Waals surface area (Å²) < 4.78 is 27.7. The lowest BCUT2D eigenvalue weighted by Gasteiger charge is -2.14. The standard InChI is InChI=1S/C14H23N3O3S/c1-4-20-13-8-6-5-7-12(13)11-17-14(15-2)16-9-10-21(3,18)19/h5-8H,4,9-11H2,1-3H3,(H2,15,16,17). The van der Waals surface area contributed by atoms with Gasteiger partial charge in [-0.2, -0.15) is 0 Å². The van der Waals surface area contributed by atoms with Gasteiger partial charge in [0.1, 0.15) is 15.6 Å². The Balaban J connectivity index is 2.52. The van der Waals surface area contributed by atoms with E-state index in [9.17, 15) is 8.42 Å². The van der Waals surface area contributed by atoms with E-state index in [0.29, 0.717) is 25.7 Å². The number of hydrogen-bond acceptors (Lipinski definition) is 4. The van der Waals surface area contributed by atoms with Crippen molar-refractivity contribution in [3.8, 4) is 5.75 Å². The van der Waals surface area contributed by atoms with E-state index in [-0.39, 0.29) is 5.75 Å². The van der Waals surface area contributed by atoms with Gasteiger partial charge in [-0.15, -0.1) is 0 Å². The normalized spacial score (nSPS) is 12.0. The fourth-order valence-corrected chi connectivity index (χ4v) is 2.17. The molecule has 21 heavy (non-hydrogen) atoms. The summed E-state index contributed by atoms with van der Waals surface area (Å²) in [5, 5.41) is 6.10. The van der Waals surface area contributed by atoms with Crippen molar-refractivity contribution in [1.82, 2.24) is 10.6 Å². The molecule has 0 aliphatic carbocycles. The maximum Gasteiger partial charge on any atom is 0.191 e. The molecule has 2 N–H and O–H groups in total. The number of benzene rings is 1.